The minimum atomic E-state index is -0.797. The molecule has 1 unspecified atom stereocenters. The SMILES string of the molecule is CCOc1ccc(C2/C(=C(/O)c3ccc(OCC(C)C)c(C)c3)C(=O)C(=O)N2c2ccccc2C)cc1. The number of benzene rings is 3. The van der Waals surface area contributed by atoms with Crippen molar-refractivity contribution in [2.45, 2.75) is 40.7 Å². The van der Waals surface area contributed by atoms with E-state index in [-0.39, 0.29) is 11.3 Å². The normalized spacial score (nSPS) is 16.9. The Morgan fingerprint density at radius 1 is 0.946 bits per heavy atom. The number of rotatable bonds is 8. The Morgan fingerprint density at radius 3 is 2.27 bits per heavy atom. The van der Waals surface area contributed by atoms with E-state index in [0.717, 1.165) is 11.1 Å². The highest BCUT2D eigenvalue weighted by Crippen LogP contribution is 2.43. The molecule has 1 fully saturated rings. The van der Waals surface area contributed by atoms with Crippen LogP contribution < -0.4 is 14.4 Å². The minimum absolute atomic E-state index is 0.0488. The van der Waals surface area contributed by atoms with Crippen molar-refractivity contribution in [1.82, 2.24) is 0 Å². The Morgan fingerprint density at radius 2 is 1.65 bits per heavy atom. The van der Waals surface area contributed by atoms with E-state index in [4.69, 9.17) is 9.47 Å². The maximum Gasteiger partial charge on any atom is 0.300 e. The van der Waals surface area contributed by atoms with Gasteiger partial charge in [-0.1, -0.05) is 44.2 Å². The number of ketones is 1. The lowest BCUT2D eigenvalue weighted by Gasteiger charge is -2.27. The Bertz CT molecular complexity index is 1340. The topological polar surface area (TPSA) is 76.1 Å². The van der Waals surface area contributed by atoms with Gasteiger partial charge in [0.2, 0.25) is 0 Å². The minimum Gasteiger partial charge on any atom is -0.507 e. The molecule has 1 aliphatic rings. The van der Waals surface area contributed by atoms with Crippen LogP contribution in [-0.2, 0) is 9.59 Å². The van der Waals surface area contributed by atoms with Gasteiger partial charge >= 0.3 is 0 Å². The van der Waals surface area contributed by atoms with Crippen LogP contribution in [0.15, 0.2) is 72.3 Å². The molecule has 192 valence electrons. The maximum atomic E-state index is 13.4. The molecule has 1 saturated heterocycles. The zero-order valence-electron chi connectivity index (χ0n) is 21.9. The van der Waals surface area contributed by atoms with Crippen LogP contribution >= 0.6 is 0 Å². The molecule has 0 radical (unpaired) electrons. The summed E-state index contributed by atoms with van der Waals surface area (Å²) in [6.45, 7) is 10.9. The van der Waals surface area contributed by atoms with Crippen LogP contribution in [0.2, 0.25) is 0 Å². The molecule has 3 aromatic carbocycles. The summed E-state index contributed by atoms with van der Waals surface area (Å²) < 4.78 is 11.4. The molecule has 0 aliphatic carbocycles. The Labute approximate surface area is 218 Å². The van der Waals surface area contributed by atoms with Crippen molar-refractivity contribution >= 4 is 23.1 Å². The fourth-order valence-corrected chi connectivity index (χ4v) is 4.51. The predicted octanol–water partition coefficient (Wildman–Crippen LogP) is 6.36. The van der Waals surface area contributed by atoms with Crippen molar-refractivity contribution in [3.05, 3.63) is 94.6 Å². The molecule has 1 amide bonds. The number of anilines is 1. The van der Waals surface area contributed by atoms with E-state index in [1.165, 1.54) is 4.90 Å². The molecule has 1 atom stereocenters. The first-order chi connectivity index (χ1) is 17.7. The van der Waals surface area contributed by atoms with E-state index in [9.17, 15) is 14.7 Å². The Hall–Kier alpha value is -4.06. The quantitative estimate of drug-likeness (QED) is 0.222. The van der Waals surface area contributed by atoms with Crippen LogP contribution in [0.3, 0.4) is 0 Å². The molecule has 4 rings (SSSR count). The fourth-order valence-electron chi connectivity index (χ4n) is 4.51. The number of ether oxygens (including phenoxy) is 2. The lowest BCUT2D eigenvalue weighted by Crippen LogP contribution is -2.30. The maximum absolute atomic E-state index is 13.4. The molecule has 1 N–H and O–H groups in total. The van der Waals surface area contributed by atoms with Crippen molar-refractivity contribution in [2.24, 2.45) is 5.92 Å². The number of nitrogens with zero attached hydrogens (tertiary/aromatic N) is 1. The highest BCUT2D eigenvalue weighted by atomic mass is 16.5. The third kappa shape index (κ3) is 5.24. The number of aliphatic hydroxyl groups excluding tert-OH is 1. The second kappa shape index (κ2) is 10.9. The summed E-state index contributed by atoms with van der Waals surface area (Å²) in [6, 6.07) is 19.2. The van der Waals surface area contributed by atoms with E-state index in [1.54, 1.807) is 18.2 Å². The van der Waals surface area contributed by atoms with Crippen LogP contribution in [0.25, 0.3) is 5.76 Å². The predicted molar refractivity (Wildman–Crippen MR) is 145 cm³/mol. The van der Waals surface area contributed by atoms with Crippen LogP contribution in [0.1, 0.15) is 49.1 Å². The second-order valence-corrected chi connectivity index (χ2v) is 9.64. The first kappa shape index (κ1) is 26.0. The molecule has 0 aromatic heterocycles. The zero-order valence-corrected chi connectivity index (χ0v) is 21.9. The third-order valence-corrected chi connectivity index (χ3v) is 6.35. The van der Waals surface area contributed by atoms with Gasteiger partial charge in [-0.25, -0.2) is 0 Å². The number of para-hydroxylation sites is 1. The summed E-state index contributed by atoms with van der Waals surface area (Å²) in [6.07, 6.45) is 0. The van der Waals surface area contributed by atoms with Crippen molar-refractivity contribution < 1.29 is 24.2 Å². The first-order valence-electron chi connectivity index (χ1n) is 12.6. The molecule has 0 saturated carbocycles. The lowest BCUT2D eigenvalue weighted by atomic mass is 9.94. The summed E-state index contributed by atoms with van der Waals surface area (Å²) in [5, 5.41) is 11.5. The largest absolute Gasteiger partial charge is 0.507 e. The highest BCUT2D eigenvalue weighted by Gasteiger charge is 2.47. The van der Waals surface area contributed by atoms with Gasteiger partial charge < -0.3 is 14.6 Å². The number of carbonyl (C=O) groups is 2. The number of carbonyl (C=O) groups excluding carboxylic acids is 2. The lowest BCUT2D eigenvalue weighted by molar-refractivity contribution is -0.132. The summed E-state index contributed by atoms with van der Waals surface area (Å²) in [4.78, 5) is 28.3. The average molecular weight is 500 g/mol. The number of amides is 1. The zero-order chi connectivity index (χ0) is 26.7. The molecule has 1 heterocycles. The van der Waals surface area contributed by atoms with Gasteiger partial charge in [0.05, 0.1) is 24.8 Å². The van der Waals surface area contributed by atoms with Gasteiger partial charge in [-0.05, 0) is 79.8 Å². The monoisotopic (exact) mass is 499 g/mol. The highest BCUT2D eigenvalue weighted by molar-refractivity contribution is 6.51. The molecular formula is C31H33NO5. The van der Waals surface area contributed by atoms with Crippen LogP contribution in [0.5, 0.6) is 11.5 Å². The van der Waals surface area contributed by atoms with E-state index < -0.39 is 17.7 Å². The molecular weight excluding hydrogens is 466 g/mol. The van der Waals surface area contributed by atoms with Gasteiger partial charge in [-0.3, -0.25) is 14.5 Å². The molecule has 0 spiro atoms. The molecule has 3 aromatic rings. The van der Waals surface area contributed by atoms with E-state index in [1.807, 2.05) is 69.3 Å². The summed E-state index contributed by atoms with van der Waals surface area (Å²) >= 11 is 0. The first-order valence-corrected chi connectivity index (χ1v) is 12.6. The average Bonchev–Trinajstić information content (AvgIpc) is 3.14. The van der Waals surface area contributed by atoms with Gasteiger partial charge in [-0.2, -0.15) is 0 Å². The van der Waals surface area contributed by atoms with E-state index in [2.05, 4.69) is 13.8 Å². The smallest absolute Gasteiger partial charge is 0.300 e. The van der Waals surface area contributed by atoms with Gasteiger partial charge in [0, 0.05) is 11.3 Å². The number of hydrogen-bond acceptors (Lipinski definition) is 5. The third-order valence-electron chi connectivity index (χ3n) is 6.35. The van der Waals surface area contributed by atoms with E-state index in [0.29, 0.717) is 47.4 Å². The van der Waals surface area contributed by atoms with Crippen LogP contribution in [0.4, 0.5) is 5.69 Å². The van der Waals surface area contributed by atoms with Gasteiger partial charge in [0.15, 0.2) is 0 Å². The molecule has 6 heteroatoms. The Balaban J connectivity index is 1.85. The molecule has 6 nitrogen and oxygen atoms in total. The van der Waals surface area contributed by atoms with E-state index >= 15 is 0 Å². The van der Waals surface area contributed by atoms with Crippen molar-refractivity contribution in [3.63, 3.8) is 0 Å². The van der Waals surface area contributed by atoms with Gasteiger partial charge in [0.25, 0.3) is 11.7 Å². The van der Waals surface area contributed by atoms with Crippen molar-refractivity contribution in [3.8, 4) is 11.5 Å². The molecule has 37 heavy (non-hydrogen) atoms. The van der Waals surface area contributed by atoms with Gasteiger partial charge in [-0.15, -0.1) is 0 Å². The molecule has 0 bridgehead atoms. The fraction of sp³-hybridized carbons (Fsp3) is 0.290. The number of hydrogen-bond donors (Lipinski definition) is 1. The van der Waals surface area contributed by atoms with Crippen molar-refractivity contribution in [1.29, 1.82) is 0 Å². The second-order valence-electron chi connectivity index (χ2n) is 9.64. The number of aryl methyl sites for hydroxylation is 2. The standard InChI is InChI=1S/C31H33NO5/c1-6-36-24-14-11-22(12-15-24)28-27(30(34)31(35)32(28)25-10-8-7-9-20(25)4)29(33)23-13-16-26(21(5)17-23)37-18-19(2)3/h7-17,19,28,33H,6,18H2,1-5H3/b29-27-. The molecule has 1 aliphatic heterocycles. The van der Waals surface area contributed by atoms with Crippen molar-refractivity contribution in [2.75, 3.05) is 18.1 Å². The van der Waals surface area contributed by atoms with Crippen LogP contribution in [0, 0.1) is 19.8 Å². The number of Topliss-reactive ketones (excluding diaryl/α,β-unsaturated/α-hetero) is 1. The summed E-state index contributed by atoms with van der Waals surface area (Å²) in [5.74, 6) is 0.159. The summed E-state index contributed by atoms with van der Waals surface area (Å²) in [5.41, 5.74) is 3.50. The van der Waals surface area contributed by atoms with Crippen LogP contribution in [-0.4, -0.2) is 30.0 Å². The van der Waals surface area contributed by atoms with Gasteiger partial charge in [0.1, 0.15) is 17.3 Å². The number of aliphatic hydroxyl groups is 1. The Kier molecular flexibility index (Phi) is 7.67. The summed E-state index contributed by atoms with van der Waals surface area (Å²) in [7, 11) is 0.